The Hall–Kier alpha value is -0.720. The predicted molar refractivity (Wildman–Crippen MR) is 53.7 cm³/mol. The van der Waals surface area contributed by atoms with Crippen molar-refractivity contribution in [1.29, 1.82) is 0 Å². The van der Waals surface area contributed by atoms with E-state index in [9.17, 15) is 4.79 Å². The van der Waals surface area contributed by atoms with Gasteiger partial charge in [-0.2, -0.15) is 4.37 Å². The van der Waals surface area contributed by atoms with Crippen LogP contribution in [-0.4, -0.2) is 15.6 Å². The lowest BCUT2D eigenvalue weighted by Crippen LogP contribution is -1.67. The molecule has 2 rings (SSSR count). The third-order valence-corrected chi connectivity index (χ3v) is 3.95. The molecule has 0 fully saturated rings. The van der Waals surface area contributed by atoms with Crippen molar-refractivity contribution in [2.24, 2.45) is 0 Å². The van der Waals surface area contributed by atoms with E-state index in [2.05, 4.69) is 9.36 Å². The molecule has 6 heteroatoms. The van der Waals surface area contributed by atoms with Crippen molar-refractivity contribution in [2.45, 2.75) is 9.24 Å². The molecule has 0 aliphatic carbocycles. The van der Waals surface area contributed by atoms with Crippen LogP contribution in [0.25, 0.3) is 0 Å². The Labute approximate surface area is 87.0 Å². The van der Waals surface area contributed by atoms with Gasteiger partial charge in [0.25, 0.3) is 0 Å². The molecule has 0 amide bonds. The van der Waals surface area contributed by atoms with Gasteiger partial charge in [0.2, 0.25) is 0 Å². The first kappa shape index (κ1) is 8.86. The Bertz CT molecular complexity index is 396. The average Bonchev–Trinajstić information content (AvgIpc) is 2.76. The van der Waals surface area contributed by atoms with Crippen LogP contribution in [0.5, 0.6) is 0 Å². The molecule has 3 nitrogen and oxygen atoms in total. The maximum absolute atomic E-state index is 10.4. The van der Waals surface area contributed by atoms with Crippen LogP contribution in [0.2, 0.25) is 0 Å². The zero-order valence-electron chi connectivity index (χ0n) is 6.34. The van der Waals surface area contributed by atoms with E-state index in [0.29, 0.717) is 0 Å². The molecule has 0 saturated heterocycles. The van der Waals surface area contributed by atoms with Crippen LogP contribution in [0.1, 0.15) is 9.67 Å². The minimum atomic E-state index is 0.743. The fourth-order valence-electron chi connectivity index (χ4n) is 0.758. The number of carbonyl (C=O) groups is 1. The van der Waals surface area contributed by atoms with Crippen LogP contribution in [0, 0.1) is 0 Å². The van der Waals surface area contributed by atoms with Gasteiger partial charge in [-0.05, 0) is 17.6 Å². The standard InChI is InChI=1S/C7H4N2OS3/c10-2-5-1-6(3-11-5)12-7-8-4-9-13-7/h1-4H. The van der Waals surface area contributed by atoms with Crippen molar-refractivity contribution in [1.82, 2.24) is 9.36 Å². The predicted octanol–water partition coefficient (Wildman–Crippen LogP) is 2.56. The summed E-state index contributed by atoms with van der Waals surface area (Å²) in [4.78, 5) is 16.2. The second kappa shape index (κ2) is 3.99. The van der Waals surface area contributed by atoms with Crippen LogP contribution in [0.15, 0.2) is 27.0 Å². The minimum absolute atomic E-state index is 0.743. The molecule has 0 aromatic carbocycles. The van der Waals surface area contributed by atoms with Crippen molar-refractivity contribution in [3.05, 3.63) is 22.7 Å². The maximum atomic E-state index is 10.4. The highest BCUT2D eigenvalue weighted by molar-refractivity contribution is 8.01. The summed E-state index contributed by atoms with van der Waals surface area (Å²) in [7, 11) is 0. The summed E-state index contributed by atoms with van der Waals surface area (Å²) >= 11 is 4.32. The number of thiophene rings is 1. The van der Waals surface area contributed by atoms with Crippen LogP contribution in [-0.2, 0) is 0 Å². The van der Waals surface area contributed by atoms with Gasteiger partial charge in [0.1, 0.15) is 6.33 Å². The summed E-state index contributed by atoms with van der Waals surface area (Å²) in [5, 5.41) is 1.94. The highest BCUT2D eigenvalue weighted by Gasteiger charge is 2.03. The van der Waals surface area contributed by atoms with Gasteiger partial charge in [0.15, 0.2) is 10.6 Å². The monoisotopic (exact) mass is 228 g/mol. The summed E-state index contributed by atoms with van der Waals surface area (Å²) in [6, 6.07) is 1.85. The molecule has 2 aromatic rings. The molecule has 2 aromatic heterocycles. The number of carbonyl (C=O) groups excluding carboxylic acids is 1. The summed E-state index contributed by atoms with van der Waals surface area (Å²) in [5.74, 6) is 0. The molecule has 0 radical (unpaired) electrons. The SMILES string of the molecule is O=Cc1cc(Sc2ncns2)cs1. The van der Waals surface area contributed by atoms with Crippen LogP contribution < -0.4 is 0 Å². The van der Waals surface area contributed by atoms with Crippen molar-refractivity contribution in [2.75, 3.05) is 0 Å². The van der Waals surface area contributed by atoms with E-state index >= 15 is 0 Å². The van der Waals surface area contributed by atoms with Gasteiger partial charge in [-0.15, -0.1) is 11.3 Å². The lowest BCUT2D eigenvalue weighted by molar-refractivity contribution is 0.112. The van der Waals surface area contributed by atoms with Crippen molar-refractivity contribution < 1.29 is 4.79 Å². The van der Waals surface area contributed by atoms with Crippen molar-refractivity contribution >= 4 is 40.9 Å². The first-order valence-electron chi connectivity index (χ1n) is 3.37. The fraction of sp³-hybridized carbons (Fsp3) is 0. The van der Waals surface area contributed by atoms with Gasteiger partial charge in [-0.1, -0.05) is 11.8 Å². The van der Waals surface area contributed by atoms with Gasteiger partial charge >= 0.3 is 0 Å². The van der Waals surface area contributed by atoms with Gasteiger partial charge in [-0.25, -0.2) is 4.98 Å². The number of hydrogen-bond acceptors (Lipinski definition) is 6. The largest absolute Gasteiger partial charge is 0.297 e. The summed E-state index contributed by atoms with van der Waals surface area (Å²) in [5.41, 5.74) is 0. The van der Waals surface area contributed by atoms with E-state index in [4.69, 9.17) is 0 Å². The third kappa shape index (κ3) is 2.15. The minimum Gasteiger partial charge on any atom is -0.297 e. The molecular weight excluding hydrogens is 224 g/mol. The van der Waals surface area contributed by atoms with E-state index in [1.165, 1.54) is 41.0 Å². The zero-order valence-corrected chi connectivity index (χ0v) is 8.79. The van der Waals surface area contributed by atoms with Crippen LogP contribution in [0.4, 0.5) is 0 Å². The molecule has 13 heavy (non-hydrogen) atoms. The second-order valence-electron chi connectivity index (χ2n) is 2.11. The number of hydrogen-bond donors (Lipinski definition) is 0. The molecular formula is C7H4N2OS3. The van der Waals surface area contributed by atoms with Gasteiger partial charge in [-0.3, -0.25) is 4.79 Å². The molecule has 2 heterocycles. The fourth-order valence-corrected chi connectivity index (χ4v) is 3.07. The summed E-state index contributed by atoms with van der Waals surface area (Å²) in [6.07, 6.45) is 2.38. The van der Waals surface area contributed by atoms with Gasteiger partial charge in [0.05, 0.1) is 4.88 Å². The molecule has 0 saturated carbocycles. The Morgan fingerprint density at radius 2 is 2.46 bits per heavy atom. The van der Waals surface area contributed by atoms with Gasteiger partial charge in [0, 0.05) is 10.3 Å². The molecule has 0 unspecified atom stereocenters. The smallest absolute Gasteiger partial charge is 0.174 e. The third-order valence-electron chi connectivity index (χ3n) is 1.26. The van der Waals surface area contributed by atoms with E-state index < -0.39 is 0 Å². The average molecular weight is 228 g/mol. The van der Waals surface area contributed by atoms with E-state index in [1.807, 2.05) is 11.4 Å². The maximum Gasteiger partial charge on any atom is 0.174 e. The number of rotatable bonds is 3. The summed E-state index contributed by atoms with van der Waals surface area (Å²) in [6.45, 7) is 0. The summed E-state index contributed by atoms with van der Waals surface area (Å²) < 4.78 is 4.79. The Morgan fingerprint density at radius 1 is 1.54 bits per heavy atom. The van der Waals surface area contributed by atoms with E-state index in [0.717, 1.165) is 20.4 Å². The highest BCUT2D eigenvalue weighted by Crippen LogP contribution is 2.30. The van der Waals surface area contributed by atoms with E-state index in [1.54, 1.807) is 0 Å². The van der Waals surface area contributed by atoms with Crippen LogP contribution in [0.3, 0.4) is 0 Å². The Morgan fingerprint density at radius 3 is 3.08 bits per heavy atom. The Kier molecular flexibility index (Phi) is 2.72. The lowest BCUT2D eigenvalue weighted by atomic mass is 10.5. The number of nitrogens with zero attached hydrogens (tertiary/aromatic N) is 2. The second-order valence-corrected chi connectivity index (χ2v) is 5.16. The number of aromatic nitrogens is 2. The molecule has 0 aliphatic rings. The lowest BCUT2D eigenvalue weighted by Gasteiger charge is -1.87. The zero-order chi connectivity index (χ0) is 9.10. The molecule has 0 atom stereocenters. The molecule has 0 aliphatic heterocycles. The normalized spacial score (nSPS) is 10.2. The number of aldehydes is 1. The van der Waals surface area contributed by atoms with Crippen molar-refractivity contribution in [3.8, 4) is 0 Å². The van der Waals surface area contributed by atoms with Gasteiger partial charge < -0.3 is 0 Å². The first-order chi connectivity index (χ1) is 6.38. The topological polar surface area (TPSA) is 42.9 Å². The molecule has 66 valence electrons. The molecule has 0 N–H and O–H groups in total. The molecule has 0 spiro atoms. The van der Waals surface area contributed by atoms with E-state index in [-0.39, 0.29) is 0 Å². The quantitative estimate of drug-likeness (QED) is 0.757. The molecule has 0 bridgehead atoms. The van der Waals surface area contributed by atoms with Crippen molar-refractivity contribution in [3.63, 3.8) is 0 Å². The first-order valence-corrected chi connectivity index (χ1v) is 5.83. The Balaban J connectivity index is 2.14. The van der Waals surface area contributed by atoms with Crippen LogP contribution >= 0.6 is 34.6 Å². The highest BCUT2D eigenvalue weighted by atomic mass is 32.2.